The van der Waals surface area contributed by atoms with E-state index in [1.165, 1.54) is 22.2 Å². The van der Waals surface area contributed by atoms with E-state index in [4.69, 9.17) is 5.11 Å². The molecule has 0 fully saturated rings. The number of rotatable bonds is 5. The third-order valence-corrected chi connectivity index (χ3v) is 3.61. The normalized spacial score (nSPS) is 12.1. The van der Waals surface area contributed by atoms with Crippen molar-refractivity contribution in [2.45, 2.75) is 12.5 Å². The number of nitrogens with zero attached hydrogens (tertiary/aromatic N) is 2. The predicted octanol–water partition coefficient (Wildman–Crippen LogP) is 1.43. The molecule has 7 heteroatoms. The van der Waals surface area contributed by atoms with Gasteiger partial charge in [-0.2, -0.15) is 5.10 Å². The van der Waals surface area contributed by atoms with Gasteiger partial charge in [0.15, 0.2) is 0 Å². The van der Waals surface area contributed by atoms with Crippen molar-refractivity contribution in [3.05, 3.63) is 40.3 Å². The molecule has 0 aliphatic rings. The molecule has 6 nitrogen and oxygen atoms in total. The van der Waals surface area contributed by atoms with Gasteiger partial charge in [-0.25, -0.2) is 0 Å². The molecule has 0 aromatic carbocycles. The summed E-state index contributed by atoms with van der Waals surface area (Å²) in [5.74, 6) is -1.29. The number of aliphatic carboxylic acids is 1. The molecule has 0 bridgehead atoms. The Bertz CT molecular complexity index is 577. The molecule has 0 saturated heterocycles. The first-order chi connectivity index (χ1) is 9.08. The Morgan fingerprint density at radius 3 is 2.84 bits per heavy atom. The number of thiophene rings is 1. The van der Waals surface area contributed by atoms with E-state index in [1.54, 1.807) is 13.1 Å². The van der Waals surface area contributed by atoms with Crippen molar-refractivity contribution in [3.63, 3.8) is 0 Å². The van der Waals surface area contributed by atoms with Gasteiger partial charge < -0.3 is 10.4 Å². The van der Waals surface area contributed by atoms with Gasteiger partial charge in [0.2, 0.25) is 0 Å². The summed E-state index contributed by atoms with van der Waals surface area (Å²) in [6, 6.07) is 4.69. The molecule has 0 aliphatic heterocycles. The van der Waals surface area contributed by atoms with Crippen molar-refractivity contribution in [3.8, 4) is 0 Å². The average Bonchev–Trinajstić information content (AvgIpc) is 2.97. The average molecular weight is 279 g/mol. The molecule has 1 unspecified atom stereocenters. The summed E-state index contributed by atoms with van der Waals surface area (Å²) in [6.45, 7) is 0. The monoisotopic (exact) mass is 279 g/mol. The Morgan fingerprint density at radius 1 is 1.53 bits per heavy atom. The molecule has 0 spiro atoms. The van der Waals surface area contributed by atoms with E-state index in [1.807, 2.05) is 17.5 Å². The van der Waals surface area contributed by atoms with E-state index < -0.39 is 12.0 Å². The number of aryl methyl sites for hydroxylation is 1. The zero-order valence-electron chi connectivity index (χ0n) is 10.2. The number of hydrogen-bond donors (Lipinski definition) is 2. The van der Waals surface area contributed by atoms with Crippen molar-refractivity contribution in [2.75, 3.05) is 0 Å². The standard InChI is InChI=1S/C12H13N3O3S/c1-15-9(4-5-13-15)12(18)14-8(7-11(16)17)10-3-2-6-19-10/h2-6,8H,7H2,1H3,(H,14,18)(H,16,17). The zero-order chi connectivity index (χ0) is 13.8. The Labute approximate surface area is 113 Å². The summed E-state index contributed by atoms with van der Waals surface area (Å²) in [7, 11) is 1.66. The van der Waals surface area contributed by atoms with Crippen molar-refractivity contribution in [1.29, 1.82) is 0 Å². The molecular formula is C12H13N3O3S. The number of amides is 1. The van der Waals surface area contributed by atoms with E-state index in [0.29, 0.717) is 5.69 Å². The predicted molar refractivity (Wildman–Crippen MR) is 70.0 cm³/mol. The highest BCUT2D eigenvalue weighted by atomic mass is 32.1. The first kappa shape index (κ1) is 13.3. The summed E-state index contributed by atoms with van der Waals surface area (Å²) in [4.78, 5) is 23.7. The summed E-state index contributed by atoms with van der Waals surface area (Å²) < 4.78 is 1.45. The number of carboxylic acid groups (broad SMARTS) is 1. The van der Waals surface area contributed by atoms with Crippen LogP contribution in [-0.4, -0.2) is 26.8 Å². The molecule has 1 atom stereocenters. The van der Waals surface area contributed by atoms with Gasteiger partial charge in [-0.15, -0.1) is 11.3 Å². The number of carboxylic acids is 1. The van der Waals surface area contributed by atoms with Gasteiger partial charge in [-0.3, -0.25) is 14.3 Å². The van der Waals surface area contributed by atoms with E-state index in [-0.39, 0.29) is 12.3 Å². The molecule has 0 radical (unpaired) electrons. The van der Waals surface area contributed by atoms with Crippen molar-refractivity contribution in [2.24, 2.45) is 7.05 Å². The fourth-order valence-corrected chi connectivity index (χ4v) is 2.49. The smallest absolute Gasteiger partial charge is 0.305 e. The van der Waals surface area contributed by atoms with Crippen LogP contribution in [0.4, 0.5) is 0 Å². The van der Waals surface area contributed by atoms with Crippen molar-refractivity contribution < 1.29 is 14.7 Å². The van der Waals surface area contributed by atoms with Gasteiger partial charge >= 0.3 is 5.97 Å². The van der Waals surface area contributed by atoms with Crippen LogP contribution >= 0.6 is 11.3 Å². The molecule has 2 N–H and O–H groups in total. The summed E-state index contributed by atoms with van der Waals surface area (Å²) >= 11 is 1.42. The number of hydrogen-bond acceptors (Lipinski definition) is 4. The van der Waals surface area contributed by atoms with Gasteiger partial charge in [0, 0.05) is 18.1 Å². The molecular weight excluding hydrogens is 266 g/mol. The van der Waals surface area contributed by atoms with E-state index >= 15 is 0 Å². The van der Waals surface area contributed by atoms with E-state index in [9.17, 15) is 9.59 Å². The lowest BCUT2D eigenvalue weighted by molar-refractivity contribution is -0.137. The summed E-state index contributed by atoms with van der Waals surface area (Å²) in [5.41, 5.74) is 0.395. The maximum absolute atomic E-state index is 12.1. The number of nitrogens with one attached hydrogen (secondary N) is 1. The second-order valence-electron chi connectivity index (χ2n) is 3.98. The summed E-state index contributed by atoms with van der Waals surface area (Å²) in [5, 5.41) is 17.4. The SMILES string of the molecule is Cn1nccc1C(=O)NC(CC(=O)O)c1cccs1. The van der Waals surface area contributed by atoms with E-state index in [2.05, 4.69) is 10.4 Å². The van der Waals surface area contributed by atoms with Crippen molar-refractivity contribution in [1.82, 2.24) is 15.1 Å². The Hall–Kier alpha value is -2.15. The first-order valence-corrected chi connectivity index (χ1v) is 6.50. The largest absolute Gasteiger partial charge is 0.481 e. The van der Waals surface area contributed by atoms with Crippen LogP contribution in [0.2, 0.25) is 0 Å². The Morgan fingerprint density at radius 2 is 2.32 bits per heavy atom. The van der Waals surface area contributed by atoms with E-state index in [0.717, 1.165) is 4.88 Å². The van der Waals surface area contributed by atoms with Gasteiger partial charge in [0.25, 0.3) is 5.91 Å². The van der Waals surface area contributed by atoms with Crippen LogP contribution in [0.25, 0.3) is 0 Å². The second kappa shape index (κ2) is 5.66. The number of carbonyl (C=O) groups excluding carboxylic acids is 1. The Balaban J connectivity index is 2.15. The topological polar surface area (TPSA) is 84.2 Å². The fraction of sp³-hybridized carbons (Fsp3) is 0.250. The maximum atomic E-state index is 12.1. The van der Waals surface area contributed by atoms with Crippen LogP contribution in [-0.2, 0) is 11.8 Å². The van der Waals surface area contributed by atoms with Gasteiger partial charge in [-0.05, 0) is 17.5 Å². The molecule has 2 heterocycles. The maximum Gasteiger partial charge on any atom is 0.305 e. The number of aromatic nitrogens is 2. The van der Waals surface area contributed by atoms with Gasteiger partial charge in [0.1, 0.15) is 5.69 Å². The lowest BCUT2D eigenvalue weighted by Gasteiger charge is -2.15. The quantitative estimate of drug-likeness (QED) is 0.867. The molecule has 19 heavy (non-hydrogen) atoms. The van der Waals surface area contributed by atoms with Crippen LogP contribution in [0.1, 0.15) is 27.8 Å². The molecule has 0 saturated carbocycles. The molecule has 2 aromatic heterocycles. The van der Waals surface area contributed by atoms with Gasteiger partial charge in [0.05, 0.1) is 12.5 Å². The van der Waals surface area contributed by atoms with Crippen LogP contribution < -0.4 is 5.32 Å². The third-order valence-electron chi connectivity index (χ3n) is 2.62. The minimum atomic E-state index is -0.955. The van der Waals surface area contributed by atoms with Crippen molar-refractivity contribution >= 4 is 23.2 Å². The Kier molecular flexibility index (Phi) is 3.96. The molecule has 2 aromatic rings. The van der Waals surface area contributed by atoms with Crippen LogP contribution in [0.3, 0.4) is 0 Å². The zero-order valence-corrected chi connectivity index (χ0v) is 11.1. The third kappa shape index (κ3) is 3.19. The lowest BCUT2D eigenvalue weighted by atomic mass is 10.1. The minimum Gasteiger partial charge on any atom is -0.481 e. The molecule has 1 amide bonds. The summed E-state index contributed by atoms with van der Waals surface area (Å²) in [6.07, 6.45) is 1.37. The van der Waals surface area contributed by atoms with Crippen LogP contribution in [0.15, 0.2) is 29.8 Å². The molecule has 100 valence electrons. The highest BCUT2D eigenvalue weighted by Crippen LogP contribution is 2.22. The second-order valence-corrected chi connectivity index (χ2v) is 4.96. The van der Waals surface area contributed by atoms with Crippen LogP contribution in [0, 0.1) is 0 Å². The highest BCUT2D eigenvalue weighted by molar-refractivity contribution is 7.10. The first-order valence-electron chi connectivity index (χ1n) is 5.62. The molecule has 0 aliphatic carbocycles. The molecule has 2 rings (SSSR count). The highest BCUT2D eigenvalue weighted by Gasteiger charge is 2.20. The van der Waals surface area contributed by atoms with Crippen LogP contribution in [0.5, 0.6) is 0 Å². The lowest BCUT2D eigenvalue weighted by Crippen LogP contribution is -2.31. The fourth-order valence-electron chi connectivity index (χ4n) is 1.72. The minimum absolute atomic E-state index is 0.149. The van der Waals surface area contributed by atoms with Gasteiger partial charge in [-0.1, -0.05) is 6.07 Å². The number of carbonyl (C=O) groups is 2.